The first-order valence-electron chi connectivity index (χ1n) is 8.20. The van der Waals surface area contributed by atoms with Crippen LogP contribution in [0.3, 0.4) is 0 Å². The fraction of sp³-hybridized carbons (Fsp3) is 0.750. The van der Waals surface area contributed by atoms with Gasteiger partial charge in [-0.05, 0) is 38.0 Å². The van der Waals surface area contributed by atoms with Gasteiger partial charge in [0.2, 0.25) is 0 Å². The lowest BCUT2D eigenvalue weighted by atomic mass is 9.98. The number of aliphatic hydroxyl groups excluding tert-OH is 1. The first-order valence-corrected chi connectivity index (χ1v) is 8.20. The predicted octanol–water partition coefficient (Wildman–Crippen LogP) is 2.01. The fourth-order valence-corrected chi connectivity index (χ4v) is 3.31. The van der Waals surface area contributed by atoms with Crippen LogP contribution in [0, 0.1) is 5.92 Å². The smallest absolute Gasteiger partial charge is 0.257 e. The maximum atomic E-state index is 12.8. The number of rotatable bonds is 5. The van der Waals surface area contributed by atoms with Gasteiger partial charge in [-0.25, -0.2) is 0 Å². The molecule has 1 aliphatic heterocycles. The van der Waals surface area contributed by atoms with Gasteiger partial charge in [0.15, 0.2) is 0 Å². The van der Waals surface area contributed by atoms with Gasteiger partial charge in [-0.2, -0.15) is 5.10 Å². The second-order valence-electron chi connectivity index (χ2n) is 6.38. The van der Waals surface area contributed by atoms with Gasteiger partial charge in [-0.3, -0.25) is 9.48 Å². The van der Waals surface area contributed by atoms with Crippen molar-refractivity contribution in [2.45, 2.75) is 51.5 Å². The summed E-state index contributed by atoms with van der Waals surface area (Å²) in [4.78, 5) is 14.7. The van der Waals surface area contributed by atoms with E-state index in [1.165, 1.54) is 12.8 Å². The van der Waals surface area contributed by atoms with Crippen molar-refractivity contribution in [2.75, 3.05) is 19.7 Å². The Bertz CT molecular complexity index is 508. The van der Waals surface area contributed by atoms with Crippen molar-refractivity contribution >= 4 is 5.91 Å². The van der Waals surface area contributed by atoms with Crippen molar-refractivity contribution < 1.29 is 9.90 Å². The average molecular weight is 291 g/mol. The molecule has 1 saturated carbocycles. The van der Waals surface area contributed by atoms with E-state index in [1.807, 2.05) is 9.58 Å². The van der Waals surface area contributed by atoms with Gasteiger partial charge in [0.05, 0.1) is 17.5 Å². The monoisotopic (exact) mass is 291 g/mol. The second-order valence-corrected chi connectivity index (χ2v) is 6.38. The molecule has 5 heteroatoms. The van der Waals surface area contributed by atoms with E-state index in [-0.39, 0.29) is 18.4 Å². The zero-order valence-electron chi connectivity index (χ0n) is 12.8. The van der Waals surface area contributed by atoms with Crippen molar-refractivity contribution in [3.05, 3.63) is 17.5 Å². The number of carbonyl (C=O) groups is 1. The molecule has 2 fully saturated rings. The highest BCUT2D eigenvalue weighted by Crippen LogP contribution is 2.42. The number of nitrogens with zero attached hydrogens (tertiary/aromatic N) is 3. The highest BCUT2D eigenvalue weighted by atomic mass is 16.3. The maximum absolute atomic E-state index is 12.8. The van der Waals surface area contributed by atoms with E-state index in [4.69, 9.17) is 0 Å². The summed E-state index contributed by atoms with van der Waals surface area (Å²) in [6, 6.07) is 0. The van der Waals surface area contributed by atoms with Gasteiger partial charge in [0, 0.05) is 32.2 Å². The summed E-state index contributed by atoms with van der Waals surface area (Å²) in [7, 11) is 0. The molecule has 0 spiro atoms. The molecule has 5 nitrogen and oxygen atoms in total. The Hall–Kier alpha value is -1.36. The third kappa shape index (κ3) is 2.98. The summed E-state index contributed by atoms with van der Waals surface area (Å²) < 4.78 is 2.03. The number of aromatic nitrogens is 2. The average Bonchev–Trinajstić information content (AvgIpc) is 3.28. The molecule has 1 atom stereocenters. The van der Waals surface area contributed by atoms with Crippen LogP contribution >= 0.6 is 0 Å². The number of aryl methyl sites for hydroxylation is 1. The number of likely N-dealkylation sites (tertiary alicyclic amines) is 1. The molecule has 0 radical (unpaired) electrons. The van der Waals surface area contributed by atoms with Crippen LogP contribution < -0.4 is 0 Å². The van der Waals surface area contributed by atoms with Crippen LogP contribution in [0.1, 0.15) is 61.0 Å². The summed E-state index contributed by atoms with van der Waals surface area (Å²) in [6.07, 6.45) is 7.15. The van der Waals surface area contributed by atoms with E-state index in [0.717, 1.165) is 43.6 Å². The van der Waals surface area contributed by atoms with Gasteiger partial charge >= 0.3 is 0 Å². The zero-order valence-corrected chi connectivity index (χ0v) is 12.8. The molecule has 0 bridgehead atoms. The second kappa shape index (κ2) is 6.18. The Morgan fingerprint density at radius 1 is 1.43 bits per heavy atom. The number of hydrogen-bond acceptors (Lipinski definition) is 3. The fourth-order valence-electron chi connectivity index (χ4n) is 3.31. The standard InChI is InChI=1S/C16H25N3O2/c1-2-7-19-15(13-5-6-13)14(9-17-19)16(21)18-8-3-4-12(10-18)11-20/h9,12-13,20H,2-8,10-11H2,1H3. The van der Waals surface area contributed by atoms with Gasteiger partial charge in [0.25, 0.3) is 5.91 Å². The molecule has 1 aromatic heterocycles. The van der Waals surface area contributed by atoms with Crippen molar-refractivity contribution in [1.82, 2.24) is 14.7 Å². The third-order valence-corrected chi connectivity index (χ3v) is 4.57. The highest BCUT2D eigenvalue weighted by Gasteiger charge is 2.34. The summed E-state index contributed by atoms with van der Waals surface area (Å²) in [5, 5.41) is 13.8. The molecule has 2 heterocycles. The van der Waals surface area contributed by atoms with E-state index in [0.29, 0.717) is 12.5 Å². The number of carbonyl (C=O) groups excluding carboxylic acids is 1. The SMILES string of the molecule is CCCn1ncc(C(=O)N2CCCC(CO)C2)c1C1CC1. The molecule has 1 aliphatic carbocycles. The number of piperidine rings is 1. The Morgan fingerprint density at radius 2 is 2.24 bits per heavy atom. The van der Waals surface area contributed by atoms with Crippen LogP contribution in [0.4, 0.5) is 0 Å². The van der Waals surface area contributed by atoms with E-state index in [1.54, 1.807) is 6.20 Å². The topological polar surface area (TPSA) is 58.4 Å². The Morgan fingerprint density at radius 3 is 2.90 bits per heavy atom. The van der Waals surface area contributed by atoms with Crippen molar-refractivity contribution in [2.24, 2.45) is 5.92 Å². The molecule has 1 amide bonds. The van der Waals surface area contributed by atoms with Gasteiger partial charge in [-0.15, -0.1) is 0 Å². The first-order chi connectivity index (χ1) is 10.2. The Balaban J connectivity index is 1.80. The lowest BCUT2D eigenvalue weighted by Gasteiger charge is -2.31. The molecule has 2 aliphatic rings. The van der Waals surface area contributed by atoms with Crippen molar-refractivity contribution in [3.63, 3.8) is 0 Å². The molecule has 1 saturated heterocycles. The molecule has 3 rings (SSSR count). The van der Waals surface area contributed by atoms with Gasteiger partial charge in [-0.1, -0.05) is 6.92 Å². The minimum absolute atomic E-state index is 0.109. The number of amides is 1. The van der Waals surface area contributed by atoms with Gasteiger partial charge in [0.1, 0.15) is 0 Å². The summed E-state index contributed by atoms with van der Waals surface area (Å²) in [6.45, 7) is 4.68. The van der Waals surface area contributed by atoms with Gasteiger partial charge < -0.3 is 10.0 Å². The molecule has 1 N–H and O–H groups in total. The first kappa shape index (κ1) is 14.6. The van der Waals surface area contributed by atoms with Crippen LogP contribution in [-0.4, -0.2) is 45.4 Å². The Kier molecular flexibility index (Phi) is 4.29. The normalized spacial score (nSPS) is 22.6. The van der Waals surface area contributed by atoms with Crippen molar-refractivity contribution in [3.8, 4) is 0 Å². The molecule has 1 unspecified atom stereocenters. The molecular formula is C16H25N3O2. The third-order valence-electron chi connectivity index (χ3n) is 4.57. The van der Waals surface area contributed by atoms with Crippen LogP contribution in [0.15, 0.2) is 6.20 Å². The number of hydrogen-bond donors (Lipinski definition) is 1. The van der Waals surface area contributed by atoms with E-state index < -0.39 is 0 Å². The molecule has 1 aromatic rings. The quantitative estimate of drug-likeness (QED) is 0.903. The zero-order chi connectivity index (χ0) is 14.8. The summed E-state index contributed by atoms with van der Waals surface area (Å²) in [5.74, 6) is 0.867. The molecule has 116 valence electrons. The lowest BCUT2D eigenvalue weighted by Crippen LogP contribution is -2.41. The van der Waals surface area contributed by atoms with Crippen LogP contribution in [0.2, 0.25) is 0 Å². The van der Waals surface area contributed by atoms with E-state index in [9.17, 15) is 9.90 Å². The lowest BCUT2D eigenvalue weighted by molar-refractivity contribution is 0.0619. The molecular weight excluding hydrogens is 266 g/mol. The van der Waals surface area contributed by atoms with Crippen LogP contribution in [0.5, 0.6) is 0 Å². The molecule has 21 heavy (non-hydrogen) atoms. The minimum atomic E-state index is 0.109. The number of aliphatic hydroxyl groups is 1. The van der Waals surface area contributed by atoms with E-state index >= 15 is 0 Å². The van der Waals surface area contributed by atoms with E-state index in [2.05, 4.69) is 12.0 Å². The van der Waals surface area contributed by atoms with Crippen LogP contribution in [-0.2, 0) is 6.54 Å². The van der Waals surface area contributed by atoms with Crippen molar-refractivity contribution in [1.29, 1.82) is 0 Å². The summed E-state index contributed by atoms with van der Waals surface area (Å²) in [5.41, 5.74) is 1.94. The maximum Gasteiger partial charge on any atom is 0.257 e. The molecule has 0 aromatic carbocycles. The largest absolute Gasteiger partial charge is 0.396 e. The minimum Gasteiger partial charge on any atom is -0.396 e. The van der Waals surface area contributed by atoms with Crippen LogP contribution in [0.25, 0.3) is 0 Å². The Labute approximate surface area is 125 Å². The predicted molar refractivity (Wildman–Crippen MR) is 80.2 cm³/mol. The summed E-state index contributed by atoms with van der Waals surface area (Å²) >= 11 is 0. The highest BCUT2D eigenvalue weighted by molar-refractivity contribution is 5.95.